The Morgan fingerprint density at radius 3 is 2.88 bits per heavy atom. The number of aromatic nitrogens is 1. The van der Waals surface area contributed by atoms with Gasteiger partial charge in [0, 0.05) is 42.7 Å². The summed E-state index contributed by atoms with van der Waals surface area (Å²) in [7, 11) is 0. The summed E-state index contributed by atoms with van der Waals surface area (Å²) >= 11 is 0. The highest BCUT2D eigenvalue weighted by atomic mass is 19.1. The minimum Gasteiger partial charge on any atom is -0.361 e. The number of anilines is 1. The van der Waals surface area contributed by atoms with Crippen molar-refractivity contribution in [2.24, 2.45) is 5.41 Å². The van der Waals surface area contributed by atoms with E-state index in [1.165, 1.54) is 12.1 Å². The van der Waals surface area contributed by atoms with Crippen molar-refractivity contribution in [3.63, 3.8) is 0 Å². The first kappa shape index (κ1) is 16.3. The van der Waals surface area contributed by atoms with Gasteiger partial charge in [-0.25, -0.2) is 4.39 Å². The minimum atomic E-state index is -0.308. The Morgan fingerprint density at radius 1 is 1.32 bits per heavy atom. The van der Waals surface area contributed by atoms with Crippen molar-refractivity contribution < 1.29 is 13.7 Å². The van der Waals surface area contributed by atoms with Crippen LogP contribution in [0.15, 0.2) is 28.8 Å². The molecule has 1 aromatic heterocycles. The van der Waals surface area contributed by atoms with Crippen LogP contribution in [0.1, 0.15) is 29.9 Å². The third-order valence-corrected chi connectivity index (χ3v) is 5.52. The number of likely N-dealkylation sites (tertiary alicyclic amines) is 1. The van der Waals surface area contributed by atoms with E-state index in [4.69, 9.17) is 4.52 Å². The van der Waals surface area contributed by atoms with Gasteiger partial charge in [0.2, 0.25) is 5.91 Å². The lowest BCUT2D eigenvalue weighted by Crippen LogP contribution is -2.31. The van der Waals surface area contributed by atoms with E-state index >= 15 is 0 Å². The Labute approximate surface area is 146 Å². The number of benzene rings is 1. The minimum absolute atomic E-state index is 0.0393. The van der Waals surface area contributed by atoms with Crippen molar-refractivity contribution in [1.29, 1.82) is 0 Å². The molecule has 2 aliphatic heterocycles. The van der Waals surface area contributed by atoms with E-state index in [0.29, 0.717) is 18.7 Å². The number of hydrogen-bond donors (Lipinski definition) is 0. The number of amides is 1. The number of aryl methyl sites for hydroxylation is 2. The van der Waals surface area contributed by atoms with Gasteiger partial charge in [-0.3, -0.25) is 9.69 Å². The third-order valence-electron chi connectivity index (χ3n) is 5.52. The van der Waals surface area contributed by atoms with Gasteiger partial charge in [-0.15, -0.1) is 0 Å². The van der Waals surface area contributed by atoms with Crippen LogP contribution in [0, 0.1) is 25.1 Å². The van der Waals surface area contributed by atoms with Crippen LogP contribution in [0.25, 0.3) is 0 Å². The van der Waals surface area contributed by atoms with Crippen LogP contribution in [0.5, 0.6) is 0 Å². The van der Waals surface area contributed by atoms with Gasteiger partial charge >= 0.3 is 0 Å². The lowest BCUT2D eigenvalue weighted by Gasteiger charge is -2.24. The number of halogens is 1. The van der Waals surface area contributed by atoms with E-state index in [-0.39, 0.29) is 17.1 Å². The molecular formula is C19H22FN3O2. The Balaban J connectivity index is 1.48. The van der Waals surface area contributed by atoms with Crippen molar-refractivity contribution in [3.05, 3.63) is 47.1 Å². The van der Waals surface area contributed by atoms with Crippen LogP contribution < -0.4 is 4.90 Å². The fourth-order valence-corrected chi connectivity index (χ4v) is 4.16. The molecule has 132 valence electrons. The molecule has 25 heavy (non-hydrogen) atoms. The van der Waals surface area contributed by atoms with Gasteiger partial charge in [-0.1, -0.05) is 11.2 Å². The molecule has 1 spiro atoms. The van der Waals surface area contributed by atoms with E-state index in [2.05, 4.69) is 10.1 Å². The van der Waals surface area contributed by atoms with Crippen LogP contribution in [0.2, 0.25) is 0 Å². The molecule has 0 N–H and O–H groups in total. The van der Waals surface area contributed by atoms with Crippen molar-refractivity contribution in [3.8, 4) is 0 Å². The number of rotatable bonds is 3. The van der Waals surface area contributed by atoms with E-state index < -0.39 is 0 Å². The van der Waals surface area contributed by atoms with Crippen LogP contribution in [0.4, 0.5) is 10.1 Å². The predicted molar refractivity (Wildman–Crippen MR) is 91.7 cm³/mol. The van der Waals surface area contributed by atoms with E-state index in [1.807, 2.05) is 13.8 Å². The van der Waals surface area contributed by atoms with Crippen molar-refractivity contribution in [2.75, 3.05) is 24.5 Å². The molecule has 2 aliphatic rings. The summed E-state index contributed by atoms with van der Waals surface area (Å²) in [5, 5.41) is 4.02. The summed E-state index contributed by atoms with van der Waals surface area (Å²) in [5.74, 6) is 0.643. The molecule has 2 aromatic rings. The van der Waals surface area contributed by atoms with Crippen molar-refractivity contribution in [1.82, 2.24) is 10.1 Å². The first-order valence-corrected chi connectivity index (χ1v) is 8.66. The zero-order valence-electron chi connectivity index (χ0n) is 14.6. The second-order valence-electron chi connectivity index (χ2n) is 7.40. The van der Waals surface area contributed by atoms with Crippen LogP contribution in [0.3, 0.4) is 0 Å². The number of carbonyl (C=O) groups is 1. The Kier molecular flexibility index (Phi) is 3.87. The second kappa shape index (κ2) is 5.95. The maximum atomic E-state index is 13.5. The molecule has 4 rings (SSSR count). The van der Waals surface area contributed by atoms with Gasteiger partial charge in [0.05, 0.1) is 5.69 Å². The molecule has 5 nitrogen and oxygen atoms in total. The zero-order chi connectivity index (χ0) is 17.6. The summed E-state index contributed by atoms with van der Waals surface area (Å²) in [6.07, 6.45) is 1.51. The average molecular weight is 343 g/mol. The predicted octanol–water partition coefficient (Wildman–Crippen LogP) is 3.06. The quantitative estimate of drug-likeness (QED) is 0.859. The number of carbonyl (C=O) groups excluding carboxylic acids is 1. The molecule has 0 aliphatic carbocycles. The normalized spacial score (nSPS) is 24.0. The fraction of sp³-hybridized carbons (Fsp3) is 0.474. The van der Waals surface area contributed by atoms with Gasteiger partial charge in [-0.05, 0) is 45.0 Å². The molecule has 0 bridgehead atoms. The number of hydrogen-bond acceptors (Lipinski definition) is 4. The summed E-state index contributed by atoms with van der Waals surface area (Å²) in [6, 6.07) is 6.30. The number of nitrogens with zero attached hydrogens (tertiary/aromatic N) is 3. The molecular weight excluding hydrogens is 321 g/mol. The van der Waals surface area contributed by atoms with Gasteiger partial charge in [-0.2, -0.15) is 0 Å². The van der Waals surface area contributed by atoms with Crippen LogP contribution in [-0.2, 0) is 11.3 Å². The van der Waals surface area contributed by atoms with Gasteiger partial charge in [0.15, 0.2) is 0 Å². The maximum absolute atomic E-state index is 13.5. The van der Waals surface area contributed by atoms with Crippen molar-refractivity contribution in [2.45, 2.75) is 33.2 Å². The molecule has 3 heterocycles. The van der Waals surface area contributed by atoms with E-state index in [1.54, 1.807) is 17.0 Å². The summed E-state index contributed by atoms with van der Waals surface area (Å²) in [5.41, 5.74) is 2.69. The van der Waals surface area contributed by atoms with E-state index in [9.17, 15) is 9.18 Å². The molecule has 1 unspecified atom stereocenters. The SMILES string of the molecule is Cc1noc(C)c1CN1CCC2(CC(=O)N(c3cccc(F)c3)C2)C1. The lowest BCUT2D eigenvalue weighted by atomic mass is 9.86. The fourth-order valence-electron chi connectivity index (χ4n) is 4.16. The van der Waals surface area contributed by atoms with Crippen LogP contribution in [-0.4, -0.2) is 35.6 Å². The zero-order valence-corrected chi connectivity index (χ0v) is 14.6. The largest absolute Gasteiger partial charge is 0.361 e. The van der Waals surface area contributed by atoms with Crippen molar-refractivity contribution >= 4 is 11.6 Å². The second-order valence-corrected chi connectivity index (χ2v) is 7.40. The Hall–Kier alpha value is -2.21. The molecule has 2 fully saturated rings. The molecule has 0 radical (unpaired) electrons. The highest BCUT2D eigenvalue weighted by Crippen LogP contribution is 2.42. The monoisotopic (exact) mass is 343 g/mol. The third kappa shape index (κ3) is 2.95. The molecule has 2 saturated heterocycles. The lowest BCUT2D eigenvalue weighted by molar-refractivity contribution is -0.117. The van der Waals surface area contributed by atoms with Gasteiger partial charge in [0.25, 0.3) is 0 Å². The standard InChI is InChI=1S/C19H22FN3O2/c1-13-17(14(2)25-21-13)10-22-7-6-19(11-22)9-18(24)23(12-19)16-5-3-4-15(20)8-16/h3-5,8H,6-7,9-12H2,1-2H3. The highest BCUT2D eigenvalue weighted by molar-refractivity contribution is 5.96. The first-order chi connectivity index (χ1) is 12.0. The first-order valence-electron chi connectivity index (χ1n) is 8.66. The molecule has 1 aromatic carbocycles. The highest BCUT2D eigenvalue weighted by Gasteiger charge is 2.47. The maximum Gasteiger partial charge on any atom is 0.227 e. The van der Waals surface area contributed by atoms with Gasteiger partial charge < -0.3 is 9.42 Å². The van der Waals surface area contributed by atoms with Crippen LogP contribution >= 0.6 is 0 Å². The molecule has 1 atom stereocenters. The molecule has 6 heteroatoms. The summed E-state index contributed by atoms with van der Waals surface area (Å²) < 4.78 is 18.8. The Bertz CT molecular complexity index is 799. The summed E-state index contributed by atoms with van der Waals surface area (Å²) in [6.45, 7) is 7.18. The average Bonchev–Trinajstić information content (AvgIpc) is 3.22. The smallest absolute Gasteiger partial charge is 0.227 e. The molecule has 1 amide bonds. The van der Waals surface area contributed by atoms with Gasteiger partial charge in [0.1, 0.15) is 11.6 Å². The molecule has 0 saturated carbocycles. The van der Waals surface area contributed by atoms with E-state index in [0.717, 1.165) is 43.1 Å². The topological polar surface area (TPSA) is 49.6 Å². The summed E-state index contributed by atoms with van der Waals surface area (Å²) in [4.78, 5) is 16.6. The Morgan fingerprint density at radius 2 is 2.16 bits per heavy atom.